The van der Waals surface area contributed by atoms with E-state index >= 15 is 0 Å². The number of carbonyl (C=O) groups excluding carboxylic acids is 2. The molecular weight excluding hydrogens is 479 g/mol. The van der Waals surface area contributed by atoms with Gasteiger partial charge in [0.05, 0.1) is 3.57 Å². The van der Waals surface area contributed by atoms with Crippen LogP contribution in [-0.4, -0.2) is 23.4 Å². The Bertz CT molecular complexity index is 925. The van der Waals surface area contributed by atoms with Crippen molar-refractivity contribution in [3.05, 3.63) is 80.5 Å². The van der Waals surface area contributed by atoms with Crippen LogP contribution in [0.2, 0.25) is 5.02 Å². The zero-order valence-electron chi connectivity index (χ0n) is 14.2. The Morgan fingerprint density at radius 2 is 1.93 bits per heavy atom. The van der Waals surface area contributed by atoms with Crippen molar-refractivity contribution in [2.24, 2.45) is 0 Å². The third kappa shape index (κ3) is 4.70. The molecule has 1 heterocycles. The van der Waals surface area contributed by atoms with Gasteiger partial charge in [-0.05, 0) is 64.1 Å². The molecule has 0 spiro atoms. The Balaban J connectivity index is 1.71. The number of urea groups is 1. The van der Waals surface area contributed by atoms with Gasteiger partial charge >= 0.3 is 6.03 Å². The molecular formula is C20H16ClIN2O3. The molecule has 0 radical (unpaired) electrons. The maximum atomic E-state index is 12.2. The summed E-state index contributed by atoms with van der Waals surface area (Å²) >= 11 is 8.06. The molecule has 0 aromatic heterocycles. The SMILES string of the molecule is C=CCN1C(=O)N/C(=C/c2ccc(OCc3ccc(Cl)cc3)c(I)c2)C1=O. The number of nitrogens with one attached hydrogen (secondary N) is 1. The minimum Gasteiger partial charge on any atom is -0.488 e. The predicted octanol–water partition coefficient (Wildman–Crippen LogP) is 4.60. The summed E-state index contributed by atoms with van der Waals surface area (Å²) in [5.41, 5.74) is 2.05. The van der Waals surface area contributed by atoms with E-state index in [9.17, 15) is 9.59 Å². The molecule has 0 bridgehead atoms. The lowest BCUT2D eigenvalue weighted by molar-refractivity contribution is -0.122. The van der Waals surface area contributed by atoms with E-state index in [-0.39, 0.29) is 18.1 Å². The van der Waals surface area contributed by atoms with Gasteiger partial charge < -0.3 is 10.1 Å². The van der Waals surface area contributed by atoms with E-state index in [1.165, 1.54) is 6.08 Å². The largest absolute Gasteiger partial charge is 0.488 e. The van der Waals surface area contributed by atoms with Crippen LogP contribution < -0.4 is 10.1 Å². The summed E-state index contributed by atoms with van der Waals surface area (Å²) in [4.78, 5) is 25.2. The van der Waals surface area contributed by atoms with Gasteiger partial charge in [-0.25, -0.2) is 4.79 Å². The van der Waals surface area contributed by atoms with Crippen LogP contribution in [0.5, 0.6) is 5.75 Å². The van der Waals surface area contributed by atoms with Crippen molar-refractivity contribution in [2.45, 2.75) is 6.61 Å². The third-order valence-electron chi connectivity index (χ3n) is 3.85. The number of amides is 3. The van der Waals surface area contributed by atoms with E-state index in [1.807, 2.05) is 42.5 Å². The van der Waals surface area contributed by atoms with E-state index in [0.717, 1.165) is 25.3 Å². The summed E-state index contributed by atoms with van der Waals surface area (Å²) in [6.07, 6.45) is 3.16. The third-order valence-corrected chi connectivity index (χ3v) is 4.94. The number of ether oxygens (including phenoxy) is 1. The Hall–Kier alpha value is -2.32. The summed E-state index contributed by atoms with van der Waals surface area (Å²) in [6, 6.07) is 12.6. The van der Waals surface area contributed by atoms with Crippen molar-refractivity contribution in [3.8, 4) is 5.75 Å². The monoisotopic (exact) mass is 494 g/mol. The van der Waals surface area contributed by atoms with Gasteiger partial charge in [0.15, 0.2) is 0 Å². The molecule has 1 aliphatic heterocycles. The van der Waals surface area contributed by atoms with Crippen molar-refractivity contribution in [2.75, 3.05) is 6.54 Å². The molecule has 0 aliphatic carbocycles. The second-order valence-corrected chi connectivity index (χ2v) is 7.40. The van der Waals surface area contributed by atoms with Gasteiger partial charge in [0.1, 0.15) is 18.1 Å². The van der Waals surface area contributed by atoms with E-state index in [4.69, 9.17) is 16.3 Å². The molecule has 7 heteroatoms. The summed E-state index contributed by atoms with van der Waals surface area (Å²) in [6.45, 7) is 4.16. The number of benzene rings is 2. The number of hydrogen-bond donors (Lipinski definition) is 1. The quantitative estimate of drug-likeness (QED) is 0.276. The minimum atomic E-state index is -0.441. The van der Waals surface area contributed by atoms with Gasteiger partial charge in [-0.1, -0.05) is 35.9 Å². The molecule has 0 atom stereocenters. The molecule has 1 fully saturated rings. The van der Waals surface area contributed by atoms with Crippen molar-refractivity contribution < 1.29 is 14.3 Å². The molecule has 138 valence electrons. The molecule has 2 aromatic rings. The van der Waals surface area contributed by atoms with Gasteiger partial charge in [0, 0.05) is 11.6 Å². The highest BCUT2D eigenvalue weighted by atomic mass is 127. The number of rotatable bonds is 6. The summed E-state index contributed by atoms with van der Waals surface area (Å²) < 4.78 is 6.75. The van der Waals surface area contributed by atoms with E-state index in [0.29, 0.717) is 11.6 Å². The van der Waals surface area contributed by atoms with Gasteiger partial charge in [-0.2, -0.15) is 0 Å². The van der Waals surface area contributed by atoms with Crippen molar-refractivity contribution in [3.63, 3.8) is 0 Å². The summed E-state index contributed by atoms with van der Waals surface area (Å²) in [5, 5.41) is 3.26. The topological polar surface area (TPSA) is 58.6 Å². The van der Waals surface area contributed by atoms with E-state index in [1.54, 1.807) is 6.08 Å². The Kier molecular flexibility index (Phi) is 6.18. The second kappa shape index (κ2) is 8.58. The van der Waals surface area contributed by atoms with Crippen LogP contribution in [0, 0.1) is 3.57 Å². The fraction of sp³-hybridized carbons (Fsp3) is 0.100. The van der Waals surface area contributed by atoms with Crippen LogP contribution >= 0.6 is 34.2 Å². The zero-order chi connectivity index (χ0) is 19.4. The van der Waals surface area contributed by atoms with Gasteiger partial charge in [0.25, 0.3) is 5.91 Å². The number of hydrogen-bond acceptors (Lipinski definition) is 3. The first kappa shape index (κ1) is 19.4. The molecule has 0 unspecified atom stereocenters. The molecule has 1 N–H and O–H groups in total. The van der Waals surface area contributed by atoms with Gasteiger partial charge in [-0.3, -0.25) is 9.69 Å². The molecule has 1 saturated heterocycles. The van der Waals surface area contributed by atoms with E-state index < -0.39 is 6.03 Å². The summed E-state index contributed by atoms with van der Waals surface area (Å²) in [5.74, 6) is 0.376. The first-order chi connectivity index (χ1) is 13.0. The molecule has 1 aliphatic rings. The molecule has 5 nitrogen and oxygen atoms in total. The number of imide groups is 1. The molecule has 3 rings (SSSR count). The minimum absolute atomic E-state index is 0.178. The lowest BCUT2D eigenvalue weighted by atomic mass is 10.2. The molecule has 3 amide bonds. The summed E-state index contributed by atoms with van der Waals surface area (Å²) in [7, 11) is 0. The smallest absolute Gasteiger partial charge is 0.329 e. The first-order valence-electron chi connectivity index (χ1n) is 8.10. The maximum absolute atomic E-state index is 12.2. The lowest BCUT2D eigenvalue weighted by Crippen LogP contribution is -2.30. The van der Waals surface area contributed by atoms with Crippen LogP contribution in [0.4, 0.5) is 4.79 Å². The van der Waals surface area contributed by atoms with Crippen molar-refractivity contribution >= 4 is 52.2 Å². The number of nitrogens with zero attached hydrogens (tertiary/aromatic N) is 1. The van der Waals surface area contributed by atoms with Crippen LogP contribution in [0.25, 0.3) is 6.08 Å². The highest BCUT2D eigenvalue weighted by molar-refractivity contribution is 14.1. The fourth-order valence-corrected chi connectivity index (χ4v) is 3.32. The van der Waals surface area contributed by atoms with Crippen molar-refractivity contribution in [1.82, 2.24) is 10.2 Å². The van der Waals surface area contributed by atoms with Crippen molar-refractivity contribution in [1.29, 1.82) is 0 Å². The Morgan fingerprint density at radius 1 is 1.19 bits per heavy atom. The maximum Gasteiger partial charge on any atom is 0.329 e. The normalized spacial score (nSPS) is 15.2. The van der Waals surface area contributed by atoms with Gasteiger partial charge in [0.2, 0.25) is 0 Å². The van der Waals surface area contributed by atoms with Gasteiger partial charge in [-0.15, -0.1) is 6.58 Å². The predicted molar refractivity (Wildman–Crippen MR) is 113 cm³/mol. The van der Waals surface area contributed by atoms with Crippen LogP contribution in [0.15, 0.2) is 60.8 Å². The lowest BCUT2D eigenvalue weighted by Gasteiger charge is -2.09. The van der Waals surface area contributed by atoms with Crippen LogP contribution in [-0.2, 0) is 11.4 Å². The number of carbonyl (C=O) groups is 2. The standard InChI is InChI=1S/C20H16ClIN2O3/c1-2-9-24-19(25)17(23-20(24)26)11-14-5-8-18(16(22)10-14)27-12-13-3-6-15(21)7-4-13/h2-8,10-11H,1,9,12H2,(H,23,26)/b17-11+. The zero-order valence-corrected chi connectivity index (χ0v) is 17.2. The molecule has 27 heavy (non-hydrogen) atoms. The second-order valence-electron chi connectivity index (χ2n) is 5.80. The average Bonchev–Trinajstić information content (AvgIpc) is 2.90. The van der Waals surface area contributed by atoms with Crippen LogP contribution in [0.1, 0.15) is 11.1 Å². The van der Waals surface area contributed by atoms with E-state index in [2.05, 4.69) is 34.5 Å². The average molecular weight is 495 g/mol. The Labute approximate surface area is 175 Å². The fourth-order valence-electron chi connectivity index (χ4n) is 2.50. The molecule has 2 aromatic carbocycles. The molecule has 0 saturated carbocycles. The highest BCUT2D eigenvalue weighted by Crippen LogP contribution is 2.25. The Morgan fingerprint density at radius 3 is 2.59 bits per heavy atom. The highest BCUT2D eigenvalue weighted by Gasteiger charge is 2.32. The number of halogens is 2. The first-order valence-corrected chi connectivity index (χ1v) is 9.56. The van der Waals surface area contributed by atoms with Crippen LogP contribution in [0.3, 0.4) is 0 Å².